The van der Waals surface area contributed by atoms with Gasteiger partial charge in [0.25, 0.3) is 0 Å². The number of aromatic amines is 1. The van der Waals surface area contributed by atoms with E-state index in [4.69, 9.17) is 4.52 Å². The summed E-state index contributed by atoms with van der Waals surface area (Å²) in [6, 6.07) is 8.12. The fourth-order valence-electron chi connectivity index (χ4n) is 2.09. The minimum Gasteiger partial charge on any atom is -0.338 e. The van der Waals surface area contributed by atoms with Gasteiger partial charge in [-0.1, -0.05) is 38.1 Å². The third-order valence-electron chi connectivity index (χ3n) is 3.50. The first-order chi connectivity index (χ1) is 10.5. The van der Waals surface area contributed by atoms with Crippen LogP contribution in [0.1, 0.15) is 30.9 Å². The van der Waals surface area contributed by atoms with Gasteiger partial charge in [-0.2, -0.15) is 0 Å². The Morgan fingerprint density at radius 1 is 1.27 bits per heavy atom. The lowest BCUT2D eigenvalue weighted by molar-refractivity contribution is 0.393. The number of benzene rings is 1. The van der Waals surface area contributed by atoms with E-state index in [-0.39, 0.29) is 0 Å². The number of hydrogen-bond donors (Lipinski definition) is 1. The van der Waals surface area contributed by atoms with Gasteiger partial charge < -0.3 is 9.42 Å². The van der Waals surface area contributed by atoms with Crippen molar-refractivity contribution in [1.82, 2.24) is 10.1 Å². The van der Waals surface area contributed by atoms with Gasteiger partial charge in [-0.15, -0.1) is 0 Å². The molecule has 22 heavy (non-hydrogen) atoms. The minimum atomic E-state index is -0.392. The van der Waals surface area contributed by atoms with Gasteiger partial charge in [-0.05, 0) is 25.6 Å². The highest BCUT2D eigenvalue weighted by atomic mass is 16.5. The zero-order valence-corrected chi connectivity index (χ0v) is 13.6. The summed E-state index contributed by atoms with van der Waals surface area (Å²) < 4.78 is 4.92. The molecule has 0 amide bonds. The molecule has 1 N–H and O–H groups in total. The van der Waals surface area contributed by atoms with E-state index in [9.17, 15) is 4.79 Å². The van der Waals surface area contributed by atoms with Crippen LogP contribution < -0.4 is 5.63 Å². The second-order valence-corrected chi connectivity index (χ2v) is 5.90. The van der Waals surface area contributed by atoms with Crippen LogP contribution in [0.5, 0.6) is 0 Å². The topological polar surface area (TPSA) is 61.6 Å². The summed E-state index contributed by atoms with van der Waals surface area (Å²) in [5.74, 6) is 0.476. The molecule has 0 radical (unpaired) electrons. The lowest BCUT2D eigenvalue weighted by atomic mass is 10.00. The van der Waals surface area contributed by atoms with Gasteiger partial charge in [0.2, 0.25) is 0 Å². The predicted molar refractivity (Wildman–Crippen MR) is 89.9 cm³/mol. The maximum atomic E-state index is 11.8. The normalized spacial score (nSPS) is 11.9. The van der Waals surface area contributed by atoms with Crippen molar-refractivity contribution in [2.24, 2.45) is 4.99 Å². The molecule has 1 aromatic heterocycles. The number of aromatic nitrogens is 1. The molecule has 0 saturated heterocycles. The summed E-state index contributed by atoms with van der Waals surface area (Å²) in [6.45, 7) is 5.78. The Bertz CT molecular complexity index is 679. The molecule has 0 atom stereocenters. The molecule has 0 spiro atoms. The van der Waals surface area contributed by atoms with Crippen LogP contribution in [0.4, 0.5) is 0 Å². The summed E-state index contributed by atoms with van der Waals surface area (Å²) in [5.41, 5.74) is 2.93. The van der Waals surface area contributed by atoms with Crippen molar-refractivity contribution in [1.29, 1.82) is 0 Å². The number of hydrogen-bond acceptors (Lipinski definition) is 4. The smallest absolute Gasteiger partial charge is 0.338 e. The van der Waals surface area contributed by atoms with E-state index in [1.165, 1.54) is 5.56 Å². The molecule has 2 rings (SSSR count). The standard InChI is InChI=1S/C17H23N3O2/c1-12(2)13-5-7-14(8-6-13)16-15(17(21)22-19-16)11-18-9-10-20(3)4/h5-8,11-12,19H,9-10H2,1-4H3. The van der Waals surface area contributed by atoms with Gasteiger partial charge >= 0.3 is 5.63 Å². The van der Waals surface area contributed by atoms with Crippen molar-refractivity contribution in [2.45, 2.75) is 19.8 Å². The molecule has 118 valence electrons. The highest BCUT2D eigenvalue weighted by molar-refractivity contribution is 5.88. The second kappa shape index (κ2) is 7.22. The van der Waals surface area contributed by atoms with Crippen molar-refractivity contribution in [3.05, 3.63) is 45.8 Å². The van der Waals surface area contributed by atoms with Crippen LogP contribution in [0.2, 0.25) is 0 Å². The monoisotopic (exact) mass is 301 g/mol. The molecule has 0 aliphatic heterocycles. The molecule has 1 heterocycles. The Labute approximate surface area is 130 Å². The van der Waals surface area contributed by atoms with Gasteiger partial charge in [0.1, 0.15) is 5.56 Å². The van der Waals surface area contributed by atoms with Gasteiger partial charge in [0, 0.05) is 18.3 Å². The fraction of sp³-hybridized carbons (Fsp3) is 0.412. The Balaban J connectivity index is 2.23. The Kier molecular flexibility index (Phi) is 5.33. The van der Waals surface area contributed by atoms with Crippen LogP contribution >= 0.6 is 0 Å². The zero-order chi connectivity index (χ0) is 16.1. The Hall–Kier alpha value is -2.14. The van der Waals surface area contributed by atoms with Crippen molar-refractivity contribution in [3.8, 4) is 11.3 Å². The quantitative estimate of drug-likeness (QED) is 0.835. The van der Waals surface area contributed by atoms with Crippen LogP contribution in [0.3, 0.4) is 0 Å². The third kappa shape index (κ3) is 3.95. The van der Waals surface area contributed by atoms with E-state index >= 15 is 0 Å². The summed E-state index contributed by atoms with van der Waals surface area (Å²) in [7, 11) is 3.98. The maximum absolute atomic E-state index is 11.8. The minimum absolute atomic E-state index is 0.392. The first kappa shape index (κ1) is 16.2. The molecule has 0 aliphatic rings. The Morgan fingerprint density at radius 3 is 2.55 bits per heavy atom. The number of rotatable bonds is 6. The molecule has 1 aromatic carbocycles. The average molecular weight is 301 g/mol. The summed E-state index contributed by atoms with van der Waals surface area (Å²) in [4.78, 5) is 18.2. The number of H-pyrrole nitrogens is 1. The van der Waals surface area contributed by atoms with E-state index in [0.717, 1.165) is 12.1 Å². The van der Waals surface area contributed by atoms with E-state index in [0.29, 0.717) is 23.7 Å². The number of nitrogens with zero attached hydrogens (tertiary/aromatic N) is 2. The molecular formula is C17H23N3O2. The highest BCUT2D eigenvalue weighted by Crippen LogP contribution is 2.22. The maximum Gasteiger partial charge on any atom is 0.366 e. The number of likely N-dealkylation sites (N-methyl/N-ethyl adjacent to an activating group) is 1. The van der Waals surface area contributed by atoms with Gasteiger partial charge in [-0.3, -0.25) is 4.99 Å². The van der Waals surface area contributed by atoms with Gasteiger partial charge in [0.05, 0.1) is 12.2 Å². The Morgan fingerprint density at radius 2 is 1.95 bits per heavy atom. The molecule has 0 unspecified atom stereocenters. The summed E-state index contributed by atoms with van der Waals surface area (Å²) in [5, 5.41) is 2.70. The molecule has 0 fully saturated rings. The molecule has 2 aromatic rings. The van der Waals surface area contributed by atoms with Crippen molar-refractivity contribution in [3.63, 3.8) is 0 Å². The van der Waals surface area contributed by atoms with E-state index in [2.05, 4.69) is 36.1 Å². The second-order valence-electron chi connectivity index (χ2n) is 5.90. The SMILES string of the molecule is CC(C)c1ccc(-c2[nH]oc(=O)c2C=NCCN(C)C)cc1. The number of nitrogens with one attached hydrogen (secondary N) is 1. The van der Waals surface area contributed by atoms with Gasteiger partial charge in [-0.25, -0.2) is 9.95 Å². The largest absolute Gasteiger partial charge is 0.366 e. The molecule has 0 saturated carbocycles. The van der Waals surface area contributed by atoms with E-state index in [1.54, 1.807) is 6.21 Å². The fourth-order valence-corrected chi connectivity index (χ4v) is 2.09. The van der Waals surface area contributed by atoms with Crippen LogP contribution in [0, 0.1) is 0 Å². The van der Waals surface area contributed by atoms with E-state index < -0.39 is 5.63 Å². The first-order valence-corrected chi connectivity index (χ1v) is 7.45. The molecular weight excluding hydrogens is 278 g/mol. The van der Waals surface area contributed by atoms with Crippen LogP contribution in [0.25, 0.3) is 11.3 Å². The lowest BCUT2D eigenvalue weighted by Crippen LogP contribution is -2.15. The number of aliphatic imine (C=N–C) groups is 1. The first-order valence-electron chi connectivity index (χ1n) is 7.45. The van der Waals surface area contributed by atoms with Crippen molar-refractivity contribution >= 4 is 6.21 Å². The van der Waals surface area contributed by atoms with Crippen molar-refractivity contribution < 1.29 is 4.52 Å². The highest BCUT2D eigenvalue weighted by Gasteiger charge is 2.12. The predicted octanol–water partition coefficient (Wildman–Crippen LogP) is 2.74. The third-order valence-corrected chi connectivity index (χ3v) is 3.50. The van der Waals surface area contributed by atoms with E-state index in [1.807, 2.05) is 31.1 Å². The average Bonchev–Trinajstić information content (AvgIpc) is 2.84. The van der Waals surface area contributed by atoms with Crippen LogP contribution in [0.15, 0.2) is 38.6 Å². The summed E-state index contributed by atoms with van der Waals surface area (Å²) in [6.07, 6.45) is 1.59. The molecule has 0 aliphatic carbocycles. The van der Waals surface area contributed by atoms with Crippen molar-refractivity contribution in [2.75, 3.05) is 27.2 Å². The van der Waals surface area contributed by atoms with Crippen LogP contribution in [-0.4, -0.2) is 43.5 Å². The van der Waals surface area contributed by atoms with Gasteiger partial charge in [0.15, 0.2) is 0 Å². The molecule has 0 bridgehead atoms. The summed E-state index contributed by atoms with van der Waals surface area (Å²) >= 11 is 0. The molecule has 5 heteroatoms. The zero-order valence-electron chi connectivity index (χ0n) is 13.6. The van der Waals surface area contributed by atoms with Crippen LogP contribution in [-0.2, 0) is 0 Å². The lowest BCUT2D eigenvalue weighted by Gasteiger charge is -2.06. The molecule has 5 nitrogen and oxygen atoms in total.